The molecule has 0 aliphatic heterocycles. The van der Waals surface area contributed by atoms with Crippen molar-refractivity contribution in [1.29, 1.82) is 0 Å². The summed E-state index contributed by atoms with van der Waals surface area (Å²) < 4.78 is 26.0. The Kier molecular flexibility index (Phi) is 7.58. The van der Waals surface area contributed by atoms with Crippen molar-refractivity contribution >= 4 is 38.9 Å². The summed E-state index contributed by atoms with van der Waals surface area (Å²) in [5.74, 6) is -0.412. The van der Waals surface area contributed by atoms with E-state index < -0.39 is 10.0 Å². The summed E-state index contributed by atoms with van der Waals surface area (Å²) in [6.45, 7) is 5.31. The van der Waals surface area contributed by atoms with Gasteiger partial charge >= 0.3 is 0 Å². The Morgan fingerprint density at radius 2 is 1.63 bits per heavy atom. The van der Waals surface area contributed by atoms with E-state index in [4.69, 9.17) is 0 Å². The molecule has 0 heterocycles. The van der Waals surface area contributed by atoms with Crippen LogP contribution in [0.1, 0.15) is 24.5 Å². The first-order valence-electron chi connectivity index (χ1n) is 9.52. The number of nitrogens with zero attached hydrogens (tertiary/aromatic N) is 1. The van der Waals surface area contributed by atoms with Crippen LogP contribution < -0.4 is 16.0 Å². The lowest BCUT2D eigenvalue weighted by molar-refractivity contribution is -0.116. The molecule has 0 aromatic heterocycles. The molecule has 2 aromatic carbocycles. The van der Waals surface area contributed by atoms with E-state index in [1.807, 2.05) is 13.0 Å². The molecule has 0 aliphatic rings. The van der Waals surface area contributed by atoms with Crippen LogP contribution in [0, 0.1) is 13.8 Å². The van der Waals surface area contributed by atoms with Crippen LogP contribution in [0.5, 0.6) is 0 Å². The molecule has 2 aromatic rings. The maximum atomic E-state index is 12.4. The van der Waals surface area contributed by atoms with Crippen LogP contribution in [0.4, 0.5) is 17.1 Å². The van der Waals surface area contributed by atoms with Crippen molar-refractivity contribution in [2.24, 2.45) is 0 Å². The molecule has 0 fully saturated rings. The van der Waals surface area contributed by atoms with Gasteiger partial charge in [-0.05, 0) is 49.2 Å². The molecule has 30 heavy (non-hydrogen) atoms. The predicted octanol–water partition coefficient (Wildman–Crippen LogP) is 2.95. The van der Waals surface area contributed by atoms with Crippen molar-refractivity contribution < 1.29 is 18.0 Å². The summed E-state index contributed by atoms with van der Waals surface area (Å²) in [4.78, 5) is 24.2. The third-order valence-corrected chi connectivity index (χ3v) is 6.56. The summed E-state index contributed by atoms with van der Waals surface area (Å²) in [6, 6.07) is 10.2. The first-order valence-corrected chi connectivity index (χ1v) is 11.0. The smallest absolute Gasteiger partial charge is 0.243 e. The number of aryl methyl sites for hydroxylation is 1. The number of carbonyl (C=O) groups excluding carboxylic acids is 2. The van der Waals surface area contributed by atoms with E-state index in [9.17, 15) is 18.0 Å². The molecule has 0 aliphatic carbocycles. The van der Waals surface area contributed by atoms with Gasteiger partial charge in [-0.25, -0.2) is 12.7 Å². The number of sulfonamides is 1. The number of hydrogen-bond donors (Lipinski definition) is 3. The predicted molar refractivity (Wildman–Crippen MR) is 119 cm³/mol. The molecule has 2 amide bonds. The topological polar surface area (TPSA) is 108 Å². The first-order chi connectivity index (χ1) is 14.1. The highest BCUT2D eigenvalue weighted by molar-refractivity contribution is 7.89. The SMILES string of the molecule is CCC(=O)Nc1cccc(NCC(=O)Nc2ccc(C)c(S(=O)(=O)N(C)C)c2)c1C. The van der Waals surface area contributed by atoms with Crippen LogP contribution >= 0.6 is 0 Å². The molecule has 0 atom stereocenters. The van der Waals surface area contributed by atoms with Crippen LogP contribution in [-0.4, -0.2) is 45.2 Å². The van der Waals surface area contributed by atoms with Crippen LogP contribution in [0.3, 0.4) is 0 Å². The number of nitrogens with one attached hydrogen (secondary N) is 3. The summed E-state index contributed by atoms with van der Waals surface area (Å²) in [6.07, 6.45) is 0.377. The highest BCUT2D eigenvalue weighted by Crippen LogP contribution is 2.24. The lowest BCUT2D eigenvalue weighted by Gasteiger charge is -2.16. The molecule has 9 heteroatoms. The minimum atomic E-state index is -3.61. The molecule has 0 spiro atoms. The summed E-state index contributed by atoms with van der Waals surface area (Å²) in [5.41, 5.74) is 3.22. The van der Waals surface area contributed by atoms with E-state index in [-0.39, 0.29) is 23.3 Å². The highest BCUT2D eigenvalue weighted by atomic mass is 32.2. The number of carbonyl (C=O) groups is 2. The second kappa shape index (κ2) is 9.73. The highest BCUT2D eigenvalue weighted by Gasteiger charge is 2.20. The van der Waals surface area contributed by atoms with E-state index >= 15 is 0 Å². The minimum Gasteiger partial charge on any atom is -0.376 e. The van der Waals surface area contributed by atoms with Gasteiger partial charge in [-0.15, -0.1) is 0 Å². The van der Waals surface area contributed by atoms with E-state index in [2.05, 4.69) is 16.0 Å². The molecule has 2 rings (SSSR count). The molecule has 3 N–H and O–H groups in total. The fourth-order valence-corrected chi connectivity index (χ4v) is 3.88. The van der Waals surface area contributed by atoms with Crippen molar-refractivity contribution in [3.63, 3.8) is 0 Å². The lowest BCUT2D eigenvalue weighted by atomic mass is 10.1. The van der Waals surface area contributed by atoms with E-state index in [1.165, 1.54) is 20.2 Å². The number of hydrogen-bond acceptors (Lipinski definition) is 5. The Balaban J connectivity index is 2.09. The molecule has 8 nitrogen and oxygen atoms in total. The molecular weight excluding hydrogens is 404 g/mol. The maximum Gasteiger partial charge on any atom is 0.243 e. The third-order valence-electron chi connectivity index (χ3n) is 4.60. The number of anilines is 3. The Hall–Kier alpha value is -2.91. The molecule has 162 valence electrons. The number of benzene rings is 2. The standard InChI is InChI=1S/C21H28N4O4S/c1-6-20(26)24-18-9-7-8-17(15(18)3)22-13-21(27)23-16-11-10-14(2)19(12-16)30(28,29)25(4)5/h7-12,22H,6,13H2,1-5H3,(H,23,27)(H,24,26). The quantitative estimate of drug-likeness (QED) is 0.594. The molecule has 0 saturated carbocycles. The van der Waals surface area contributed by atoms with Crippen molar-refractivity contribution in [2.45, 2.75) is 32.1 Å². The second-order valence-electron chi connectivity index (χ2n) is 7.05. The van der Waals surface area contributed by atoms with Crippen molar-refractivity contribution in [3.8, 4) is 0 Å². The van der Waals surface area contributed by atoms with Gasteiger partial charge in [-0.1, -0.05) is 19.1 Å². The van der Waals surface area contributed by atoms with E-state index in [0.29, 0.717) is 23.4 Å². The van der Waals surface area contributed by atoms with Crippen molar-refractivity contribution in [3.05, 3.63) is 47.5 Å². The third kappa shape index (κ3) is 5.58. The van der Waals surface area contributed by atoms with Gasteiger partial charge in [0.15, 0.2) is 0 Å². The van der Waals surface area contributed by atoms with Gasteiger partial charge in [0.1, 0.15) is 0 Å². The average Bonchev–Trinajstić information content (AvgIpc) is 2.69. The average molecular weight is 433 g/mol. The van der Waals surface area contributed by atoms with Crippen LogP contribution in [0.15, 0.2) is 41.3 Å². The second-order valence-corrected chi connectivity index (χ2v) is 9.17. The Bertz CT molecular complexity index is 1050. The minimum absolute atomic E-state index is 0.0182. The van der Waals surface area contributed by atoms with Gasteiger partial charge in [0, 0.05) is 37.6 Å². The van der Waals surface area contributed by atoms with Crippen LogP contribution in [-0.2, 0) is 19.6 Å². The van der Waals surface area contributed by atoms with Gasteiger partial charge in [0.2, 0.25) is 21.8 Å². The zero-order valence-corrected chi connectivity index (χ0v) is 18.7. The molecular formula is C21H28N4O4S. The van der Waals surface area contributed by atoms with Gasteiger partial charge in [-0.3, -0.25) is 9.59 Å². The summed E-state index contributed by atoms with van der Waals surface area (Å²) >= 11 is 0. The summed E-state index contributed by atoms with van der Waals surface area (Å²) in [7, 11) is -0.689. The van der Waals surface area contributed by atoms with Gasteiger partial charge < -0.3 is 16.0 Å². The Morgan fingerprint density at radius 1 is 0.967 bits per heavy atom. The molecule has 0 bridgehead atoms. The molecule has 0 unspecified atom stereocenters. The van der Waals surface area contributed by atoms with Gasteiger partial charge in [0.25, 0.3) is 0 Å². The number of amides is 2. The zero-order valence-electron chi connectivity index (χ0n) is 17.9. The maximum absolute atomic E-state index is 12.4. The fourth-order valence-electron chi connectivity index (χ4n) is 2.73. The van der Waals surface area contributed by atoms with Crippen LogP contribution in [0.2, 0.25) is 0 Å². The Morgan fingerprint density at radius 3 is 2.27 bits per heavy atom. The zero-order chi connectivity index (χ0) is 22.5. The van der Waals surface area contributed by atoms with Gasteiger partial charge in [0.05, 0.1) is 11.4 Å². The lowest BCUT2D eigenvalue weighted by Crippen LogP contribution is -2.24. The van der Waals surface area contributed by atoms with Crippen molar-refractivity contribution in [2.75, 3.05) is 36.6 Å². The Labute approximate surface area is 177 Å². The first kappa shape index (κ1) is 23.4. The van der Waals surface area contributed by atoms with Gasteiger partial charge in [-0.2, -0.15) is 0 Å². The van der Waals surface area contributed by atoms with Crippen molar-refractivity contribution in [1.82, 2.24) is 4.31 Å². The monoisotopic (exact) mass is 432 g/mol. The molecule has 0 saturated heterocycles. The normalized spacial score (nSPS) is 11.3. The van der Waals surface area contributed by atoms with E-state index in [0.717, 1.165) is 15.6 Å². The largest absolute Gasteiger partial charge is 0.376 e. The molecule has 0 radical (unpaired) electrons. The van der Waals surface area contributed by atoms with E-state index in [1.54, 1.807) is 38.1 Å². The van der Waals surface area contributed by atoms with Crippen LogP contribution in [0.25, 0.3) is 0 Å². The fraction of sp³-hybridized carbons (Fsp3) is 0.333. The summed E-state index contributed by atoms with van der Waals surface area (Å²) in [5, 5.41) is 8.58. The number of rotatable bonds is 8.